The number of carbonyl (C=O) groups is 2. The number of rotatable bonds is 1. The smallest absolute Gasteiger partial charge is 0.196 e. The summed E-state index contributed by atoms with van der Waals surface area (Å²) in [5.41, 5.74) is -2.72. The molecule has 0 unspecified atom stereocenters. The quantitative estimate of drug-likeness (QED) is 0.572. The largest absolute Gasteiger partial charge is 0.507 e. The van der Waals surface area contributed by atoms with Crippen LogP contribution in [0.4, 0.5) is 0 Å². The van der Waals surface area contributed by atoms with Crippen molar-refractivity contribution in [3.8, 4) is 11.5 Å². The van der Waals surface area contributed by atoms with Crippen molar-refractivity contribution in [1.82, 2.24) is 0 Å². The van der Waals surface area contributed by atoms with Gasteiger partial charge in [0.25, 0.3) is 0 Å². The lowest BCUT2D eigenvalue weighted by atomic mass is 9.69. The Labute approximate surface area is 131 Å². The zero-order valence-corrected chi connectivity index (χ0v) is 12.5. The van der Waals surface area contributed by atoms with Crippen molar-refractivity contribution < 1.29 is 34.8 Å². The number of Topliss-reactive ketones (excluding diaryl/α,β-unsaturated/α-hetero) is 2. The highest BCUT2D eigenvalue weighted by Gasteiger charge is 2.50. The minimum Gasteiger partial charge on any atom is -0.507 e. The Kier molecular flexibility index (Phi) is 3.33. The van der Waals surface area contributed by atoms with Crippen LogP contribution in [0, 0.1) is 0 Å². The van der Waals surface area contributed by atoms with Gasteiger partial charge < -0.3 is 25.2 Å². The maximum absolute atomic E-state index is 12.7. The van der Waals surface area contributed by atoms with E-state index in [4.69, 9.17) is 4.74 Å². The van der Waals surface area contributed by atoms with Crippen LogP contribution >= 0.6 is 0 Å². The van der Waals surface area contributed by atoms with Crippen molar-refractivity contribution in [3.05, 3.63) is 34.4 Å². The van der Waals surface area contributed by atoms with Gasteiger partial charge in [-0.3, -0.25) is 9.59 Å². The Morgan fingerprint density at radius 2 is 1.83 bits per heavy atom. The normalized spacial score (nSPS) is 30.1. The molecule has 0 saturated carbocycles. The molecule has 7 nitrogen and oxygen atoms in total. The second-order valence-electron chi connectivity index (χ2n) is 6.03. The van der Waals surface area contributed by atoms with E-state index in [0.29, 0.717) is 0 Å². The molecule has 0 saturated heterocycles. The average Bonchev–Trinajstić information content (AvgIpc) is 2.47. The Bertz CT molecular complexity index is 760. The molecule has 122 valence electrons. The first-order valence-corrected chi connectivity index (χ1v) is 7.02. The number of aliphatic hydroxyl groups excluding tert-OH is 2. The van der Waals surface area contributed by atoms with Gasteiger partial charge >= 0.3 is 0 Å². The summed E-state index contributed by atoms with van der Waals surface area (Å²) in [7, 11) is 1.34. The van der Waals surface area contributed by atoms with E-state index in [1.54, 1.807) is 0 Å². The van der Waals surface area contributed by atoms with Crippen molar-refractivity contribution in [1.29, 1.82) is 0 Å². The number of ketones is 2. The Morgan fingerprint density at radius 3 is 2.43 bits per heavy atom. The molecule has 1 aromatic carbocycles. The van der Waals surface area contributed by atoms with Crippen LogP contribution < -0.4 is 4.74 Å². The van der Waals surface area contributed by atoms with Crippen molar-refractivity contribution in [2.45, 2.75) is 31.2 Å². The molecule has 0 spiro atoms. The fourth-order valence-electron chi connectivity index (χ4n) is 3.18. The molecule has 23 heavy (non-hydrogen) atoms. The molecule has 3 atom stereocenters. The first-order valence-electron chi connectivity index (χ1n) is 7.02. The monoisotopic (exact) mass is 320 g/mol. The van der Waals surface area contributed by atoms with Crippen molar-refractivity contribution in [2.75, 3.05) is 7.11 Å². The number of hydrogen-bond donors (Lipinski definition) is 4. The molecule has 2 aliphatic carbocycles. The molecule has 0 amide bonds. The van der Waals surface area contributed by atoms with Crippen LogP contribution in [0.25, 0.3) is 0 Å². The number of phenols is 1. The molecule has 1 aromatic rings. The van der Waals surface area contributed by atoms with Crippen LogP contribution in [-0.2, 0) is 0 Å². The van der Waals surface area contributed by atoms with Crippen molar-refractivity contribution in [3.63, 3.8) is 0 Å². The summed E-state index contributed by atoms with van der Waals surface area (Å²) in [5.74, 6) is -1.74. The molecular formula is C16H16O7. The predicted molar refractivity (Wildman–Crippen MR) is 77.6 cm³/mol. The molecule has 7 heteroatoms. The number of ether oxygens (including phenoxy) is 1. The fourth-order valence-corrected chi connectivity index (χ4v) is 3.18. The molecular weight excluding hydrogens is 304 g/mol. The van der Waals surface area contributed by atoms with E-state index in [0.717, 1.165) is 0 Å². The first-order chi connectivity index (χ1) is 10.7. The van der Waals surface area contributed by atoms with Gasteiger partial charge in [0.05, 0.1) is 24.4 Å². The number of benzene rings is 1. The number of aromatic hydroxyl groups is 1. The molecule has 0 fully saturated rings. The summed E-state index contributed by atoms with van der Waals surface area (Å²) in [5, 5.41) is 40.6. The summed E-state index contributed by atoms with van der Waals surface area (Å²) < 4.78 is 4.97. The van der Waals surface area contributed by atoms with Gasteiger partial charge in [0, 0.05) is 29.2 Å². The summed E-state index contributed by atoms with van der Waals surface area (Å²) >= 11 is 0. The third-order valence-corrected chi connectivity index (χ3v) is 4.38. The summed E-state index contributed by atoms with van der Waals surface area (Å²) in [6.45, 7) is 1.28. The third kappa shape index (κ3) is 2.08. The Balaban J connectivity index is 2.27. The zero-order valence-electron chi connectivity index (χ0n) is 12.5. The van der Waals surface area contributed by atoms with Gasteiger partial charge in [0.1, 0.15) is 17.6 Å². The standard InChI is InChI=1S/C16H16O7/c1-16(22)5-9(18)11-12(15(16)21)13(19)7-3-6(23-2)4-8(17)10(7)14(11)20/h3-4,9,15,17-18,21-22H,5H2,1-2H3/t9-,15+,16-/m1/s1. The summed E-state index contributed by atoms with van der Waals surface area (Å²) in [4.78, 5) is 25.3. The van der Waals surface area contributed by atoms with Gasteiger partial charge in [-0.2, -0.15) is 0 Å². The Morgan fingerprint density at radius 1 is 1.17 bits per heavy atom. The van der Waals surface area contributed by atoms with Gasteiger partial charge in [-0.1, -0.05) is 0 Å². The van der Waals surface area contributed by atoms with E-state index >= 15 is 0 Å². The zero-order chi connectivity index (χ0) is 17.1. The number of methoxy groups -OCH3 is 1. The highest BCUT2D eigenvalue weighted by atomic mass is 16.5. The molecule has 2 aliphatic rings. The number of carbonyl (C=O) groups excluding carboxylic acids is 2. The number of phenolic OH excluding ortho intramolecular Hbond substituents is 1. The highest BCUT2D eigenvalue weighted by molar-refractivity contribution is 6.29. The first kappa shape index (κ1) is 15.7. The predicted octanol–water partition coefficient (Wildman–Crippen LogP) is -0.0471. The lowest BCUT2D eigenvalue weighted by molar-refractivity contribution is -0.0758. The van der Waals surface area contributed by atoms with Crippen LogP contribution in [0.3, 0.4) is 0 Å². The lowest BCUT2D eigenvalue weighted by Crippen LogP contribution is -2.52. The molecule has 0 aliphatic heterocycles. The molecule has 0 bridgehead atoms. The van der Waals surface area contributed by atoms with Gasteiger partial charge in [-0.05, 0) is 13.0 Å². The topological polar surface area (TPSA) is 124 Å². The maximum atomic E-state index is 12.7. The average molecular weight is 320 g/mol. The van der Waals surface area contributed by atoms with E-state index in [2.05, 4.69) is 0 Å². The number of fused-ring (bicyclic) bond motifs is 1. The summed E-state index contributed by atoms with van der Waals surface area (Å²) in [6, 6.07) is 2.47. The molecule has 0 heterocycles. The van der Waals surface area contributed by atoms with Crippen molar-refractivity contribution >= 4 is 11.6 Å². The third-order valence-electron chi connectivity index (χ3n) is 4.38. The minimum atomic E-state index is -1.74. The fraction of sp³-hybridized carbons (Fsp3) is 0.375. The van der Waals surface area contributed by atoms with Crippen LogP contribution in [0.15, 0.2) is 23.3 Å². The second kappa shape index (κ2) is 4.89. The molecule has 3 rings (SSSR count). The molecule has 0 radical (unpaired) electrons. The van der Waals surface area contributed by atoms with Gasteiger partial charge in [0.2, 0.25) is 0 Å². The van der Waals surface area contributed by atoms with Crippen LogP contribution in [0.5, 0.6) is 11.5 Å². The lowest BCUT2D eigenvalue weighted by Gasteiger charge is -2.40. The van der Waals surface area contributed by atoms with E-state index < -0.39 is 35.1 Å². The molecule has 4 N–H and O–H groups in total. The van der Waals surface area contributed by atoms with Crippen LogP contribution in [-0.4, -0.2) is 56.9 Å². The van der Waals surface area contributed by atoms with Crippen LogP contribution in [0.1, 0.15) is 34.1 Å². The number of aliphatic hydroxyl groups is 3. The van der Waals surface area contributed by atoms with Crippen molar-refractivity contribution in [2.24, 2.45) is 0 Å². The van der Waals surface area contributed by atoms with Gasteiger partial charge in [-0.15, -0.1) is 0 Å². The maximum Gasteiger partial charge on any atom is 0.196 e. The van der Waals surface area contributed by atoms with E-state index in [1.807, 2.05) is 0 Å². The van der Waals surface area contributed by atoms with E-state index in [9.17, 15) is 30.0 Å². The van der Waals surface area contributed by atoms with E-state index in [-0.39, 0.29) is 34.4 Å². The minimum absolute atomic E-state index is 0.130. The molecule has 0 aromatic heterocycles. The highest BCUT2D eigenvalue weighted by Crippen LogP contribution is 2.43. The van der Waals surface area contributed by atoms with E-state index in [1.165, 1.54) is 26.2 Å². The number of hydrogen-bond acceptors (Lipinski definition) is 7. The Hall–Kier alpha value is -2.22. The SMILES string of the molecule is COc1cc(O)c2c(c1)C(=O)C1=C(C2=O)[C@H](O)C[C@@](C)(O)[C@H]1O. The van der Waals surface area contributed by atoms with Gasteiger partial charge in [-0.25, -0.2) is 0 Å². The second-order valence-corrected chi connectivity index (χ2v) is 6.03. The van der Waals surface area contributed by atoms with Crippen LogP contribution in [0.2, 0.25) is 0 Å². The summed E-state index contributed by atoms with van der Waals surface area (Å²) in [6.07, 6.45) is -3.31. The van der Waals surface area contributed by atoms with Gasteiger partial charge in [0.15, 0.2) is 11.6 Å².